The predicted octanol–water partition coefficient (Wildman–Crippen LogP) is 2.77. The Hall–Kier alpha value is -1.99. The number of halogens is 1. The summed E-state index contributed by atoms with van der Waals surface area (Å²) in [6.07, 6.45) is 0. The second kappa shape index (κ2) is 9.22. The van der Waals surface area contributed by atoms with Gasteiger partial charge in [0, 0.05) is 9.37 Å². The van der Waals surface area contributed by atoms with Gasteiger partial charge in [-0.3, -0.25) is 20.4 Å². The molecule has 2 N–H and O–H groups in total. The highest BCUT2D eigenvalue weighted by molar-refractivity contribution is 9.10. The van der Waals surface area contributed by atoms with Gasteiger partial charge >= 0.3 is 0 Å². The first-order valence-corrected chi connectivity index (χ1v) is 8.55. The van der Waals surface area contributed by atoms with Crippen molar-refractivity contribution < 1.29 is 14.3 Å². The normalized spacial score (nSPS) is 9.96. The van der Waals surface area contributed by atoms with Gasteiger partial charge < -0.3 is 4.74 Å². The molecule has 0 bridgehead atoms. The maximum atomic E-state index is 11.6. The Morgan fingerprint density at radius 1 is 0.957 bits per heavy atom. The van der Waals surface area contributed by atoms with E-state index in [1.54, 1.807) is 12.1 Å². The average Bonchev–Trinajstić information content (AvgIpc) is 2.58. The third-order valence-corrected chi connectivity index (χ3v) is 4.18. The third-order valence-electron chi connectivity index (χ3n) is 2.64. The largest absolute Gasteiger partial charge is 0.484 e. The van der Waals surface area contributed by atoms with Crippen LogP contribution in [0.5, 0.6) is 5.75 Å². The predicted molar refractivity (Wildman–Crippen MR) is 93.1 cm³/mol. The van der Waals surface area contributed by atoms with Crippen LogP contribution in [0.3, 0.4) is 0 Å². The molecule has 0 radical (unpaired) electrons. The lowest BCUT2D eigenvalue weighted by Crippen LogP contribution is -2.44. The van der Waals surface area contributed by atoms with Gasteiger partial charge in [-0.05, 0) is 36.4 Å². The van der Waals surface area contributed by atoms with Crippen LogP contribution in [0.15, 0.2) is 64.0 Å². The molecule has 0 heterocycles. The Balaban J connectivity index is 1.63. The van der Waals surface area contributed by atoms with Gasteiger partial charge in [0.15, 0.2) is 6.61 Å². The van der Waals surface area contributed by atoms with Crippen molar-refractivity contribution in [1.29, 1.82) is 0 Å². The van der Waals surface area contributed by atoms with Gasteiger partial charge in [-0.25, -0.2) is 0 Å². The lowest BCUT2D eigenvalue weighted by molar-refractivity contribution is -0.128. The van der Waals surface area contributed by atoms with E-state index in [0.717, 1.165) is 9.37 Å². The monoisotopic (exact) mass is 394 g/mol. The smallest absolute Gasteiger partial charge is 0.276 e. The van der Waals surface area contributed by atoms with Gasteiger partial charge in [0.2, 0.25) is 5.91 Å². The molecule has 2 amide bonds. The quantitative estimate of drug-likeness (QED) is 0.583. The minimum Gasteiger partial charge on any atom is -0.484 e. The molecule has 0 fully saturated rings. The van der Waals surface area contributed by atoms with E-state index in [9.17, 15) is 9.59 Å². The van der Waals surface area contributed by atoms with Gasteiger partial charge in [0.1, 0.15) is 5.75 Å². The number of rotatable bonds is 6. The molecule has 0 atom stereocenters. The summed E-state index contributed by atoms with van der Waals surface area (Å²) in [6.45, 7) is -0.173. The minimum atomic E-state index is -0.425. The molecule has 0 aliphatic heterocycles. The summed E-state index contributed by atoms with van der Waals surface area (Å²) in [5, 5.41) is 0. The van der Waals surface area contributed by atoms with Gasteiger partial charge in [-0.15, -0.1) is 11.8 Å². The number of ether oxygens (including phenoxy) is 1. The summed E-state index contributed by atoms with van der Waals surface area (Å²) >= 11 is 4.71. The summed E-state index contributed by atoms with van der Waals surface area (Å²) in [6, 6.07) is 16.7. The molecule has 0 saturated heterocycles. The van der Waals surface area contributed by atoms with E-state index in [-0.39, 0.29) is 18.3 Å². The molecule has 0 unspecified atom stereocenters. The number of hydrogen-bond donors (Lipinski definition) is 2. The van der Waals surface area contributed by atoms with Crippen molar-refractivity contribution in [2.24, 2.45) is 0 Å². The molecule has 120 valence electrons. The Bertz CT molecular complexity index is 650. The first-order valence-electron chi connectivity index (χ1n) is 6.77. The second-order valence-corrected chi connectivity index (χ2v) is 6.41. The van der Waals surface area contributed by atoms with Crippen LogP contribution in [0.25, 0.3) is 0 Å². The van der Waals surface area contributed by atoms with Crippen LogP contribution in [0.2, 0.25) is 0 Å². The van der Waals surface area contributed by atoms with Gasteiger partial charge in [0.25, 0.3) is 5.91 Å². The van der Waals surface area contributed by atoms with Crippen LogP contribution < -0.4 is 15.6 Å². The lowest BCUT2D eigenvalue weighted by Gasteiger charge is -2.08. The van der Waals surface area contributed by atoms with E-state index in [0.29, 0.717) is 5.75 Å². The number of carbonyl (C=O) groups is 2. The molecule has 0 aliphatic carbocycles. The van der Waals surface area contributed by atoms with Gasteiger partial charge in [-0.1, -0.05) is 34.1 Å². The van der Waals surface area contributed by atoms with Gasteiger partial charge in [-0.2, -0.15) is 0 Å². The minimum absolute atomic E-state index is 0.173. The number of nitrogens with one attached hydrogen (secondary N) is 2. The Labute approximate surface area is 146 Å². The molecule has 0 aliphatic rings. The zero-order valence-corrected chi connectivity index (χ0v) is 14.5. The van der Waals surface area contributed by atoms with Crippen LogP contribution >= 0.6 is 27.7 Å². The first-order chi connectivity index (χ1) is 11.1. The summed E-state index contributed by atoms with van der Waals surface area (Å²) in [5.41, 5.74) is 4.67. The highest BCUT2D eigenvalue weighted by Crippen LogP contribution is 2.16. The Morgan fingerprint density at radius 2 is 1.61 bits per heavy atom. The van der Waals surface area contributed by atoms with Crippen LogP contribution in [0, 0.1) is 0 Å². The zero-order valence-electron chi connectivity index (χ0n) is 12.1. The number of carbonyl (C=O) groups excluding carboxylic acids is 2. The molecule has 0 aromatic heterocycles. The third kappa shape index (κ3) is 6.75. The first kappa shape index (κ1) is 17.4. The van der Waals surface area contributed by atoms with E-state index < -0.39 is 5.91 Å². The Kier molecular flexibility index (Phi) is 6.96. The summed E-state index contributed by atoms with van der Waals surface area (Å²) < 4.78 is 6.22. The molecule has 23 heavy (non-hydrogen) atoms. The van der Waals surface area contributed by atoms with E-state index in [2.05, 4.69) is 26.8 Å². The van der Waals surface area contributed by atoms with Crippen LogP contribution in [0.1, 0.15) is 0 Å². The number of hydrazine groups is 1. The SMILES string of the molecule is O=C(COc1ccc(Br)cc1)NNC(=O)CSc1ccccc1. The number of amides is 2. The number of hydrogen-bond acceptors (Lipinski definition) is 4. The summed E-state index contributed by atoms with van der Waals surface area (Å²) in [4.78, 5) is 24.2. The fraction of sp³-hybridized carbons (Fsp3) is 0.125. The number of benzene rings is 2. The van der Waals surface area contributed by atoms with Crippen LogP contribution in [0.4, 0.5) is 0 Å². The highest BCUT2D eigenvalue weighted by Gasteiger charge is 2.06. The summed E-state index contributed by atoms with van der Waals surface area (Å²) in [7, 11) is 0. The van der Waals surface area contributed by atoms with Gasteiger partial charge in [0.05, 0.1) is 5.75 Å². The lowest BCUT2D eigenvalue weighted by atomic mass is 10.3. The fourth-order valence-electron chi connectivity index (χ4n) is 1.56. The molecule has 0 saturated carbocycles. The van der Waals surface area contributed by atoms with Crippen molar-refractivity contribution >= 4 is 39.5 Å². The van der Waals surface area contributed by atoms with Crippen molar-refractivity contribution in [3.63, 3.8) is 0 Å². The summed E-state index contributed by atoms with van der Waals surface area (Å²) in [5.74, 6) is 0.0915. The standard InChI is InChI=1S/C16H15BrN2O3S/c17-12-6-8-13(9-7-12)22-10-15(20)18-19-16(21)11-23-14-4-2-1-3-5-14/h1-9H,10-11H2,(H,18,20)(H,19,21). The zero-order chi connectivity index (χ0) is 16.5. The fourth-order valence-corrected chi connectivity index (χ4v) is 2.54. The topological polar surface area (TPSA) is 67.4 Å². The van der Waals surface area contributed by atoms with E-state index in [1.165, 1.54) is 11.8 Å². The molecule has 2 aromatic rings. The molecule has 5 nitrogen and oxygen atoms in total. The second-order valence-electron chi connectivity index (χ2n) is 4.44. The Morgan fingerprint density at radius 3 is 2.30 bits per heavy atom. The average molecular weight is 395 g/mol. The number of thioether (sulfide) groups is 1. The van der Waals surface area contributed by atoms with Crippen molar-refractivity contribution in [3.05, 3.63) is 59.1 Å². The van der Waals surface area contributed by atoms with Crippen LogP contribution in [-0.2, 0) is 9.59 Å². The molecule has 7 heteroatoms. The maximum Gasteiger partial charge on any atom is 0.276 e. The highest BCUT2D eigenvalue weighted by atomic mass is 79.9. The molecular formula is C16H15BrN2O3S. The van der Waals surface area contributed by atoms with Crippen molar-refractivity contribution in [2.45, 2.75) is 4.90 Å². The maximum absolute atomic E-state index is 11.6. The molecule has 0 spiro atoms. The van der Waals surface area contributed by atoms with E-state index in [1.807, 2.05) is 42.5 Å². The van der Waals surface area contributed by atoms with Crippen molar-refractivity contribution in [1.82, 2.24) is 10.9 Å². The van der Waals surface area contributed by atoms with E-state index in [4.69, 9.17) is 4.74 Å². The molecule has 2 aromatic carbocycles. The molecular weight excluding hydrogens is 380 g/mol. The van der Waals surface area contributed by atoms with E-state index >= 15 is 0 Å². The van der Waals surface area contributed by atoms with Crippen molar-refractivity contribution in [3.8, 4) is 5.75 Å². The molecule has 2 rings (SSSR count). The van der Waals surface area contributed by atoms with Crippen molar-refractivity contribution in [2.75, 3.05) is 12.4 Å². The van der Waals surface area contributed by atoms with Crippen LogP contribution in [-0.4, -0.2) is 24.2 Å².